The summed E-state index contributed by atoms with van der Waals surface area (Å²) in [4.78, 5) is 22.5. The van der Waals surface area contributed by atoms with E-state index in [1.807, 2.05) is 19.9 Å². The molecule has 9 heteroatoms. The number of benzene rings is 1. The van der Waals surface area contributed by atoms with Crippen LogP contribution in [0.2, 0.25) is 0 Å². The van der Waals surface area contributed by atoms with Crippen molar-refractivity contribution in [3.8, 4) is 0 Å². The number of ether oxygens (including phenoxy) is 3. The number of piperidine rings is 1. The van der Waals surface area contributed by atoms with Gasteiger partial charge in [-0.3, -0.25) is 4.79 Å². The summed E-state index contributed by atoms with van der Waals surface area (Å²) in [6.45, 7) is 4.61. The molecule has 0 radical (unpaired) electrons. The Bertz CT molecular complexity index is 1170. The van der Waals surface area contributed by atoms with Crippen LogP contribution < -0.4 is 15.1 Å². The van der Waals surface area contributed by atoms with E-state index in [-0.39, 0.29) is 24.7 Å². The Morgan fingerprint density at radius 2 is 1.92 bits per heavy atom. The van der Waals surface area contributed by atoms with Crippen LogP contribution in [0.15, 0.2) is 30.5 Å². The Balaban J connectivity index is 1.32. The van der Waals surface area contributed by atoms with Crippen molar-refractivity contribution in [1.29, 1.82) is 0 Å². The Hall–Kier alpha value is -2.75. The van der Waals surface area contributed by atoms with Gasteiger partial charge in [-0.05, 0) is 76.6 Å². The van der Waals surface area contributed by atoms with Crippen LogP contribution in [0, 0.1) is 5.82 Å². The first-order chi connectivity index (χ1) is 18.4. The van der Waals surface area contributed by atoms with Gasteiger partial charge in [0.15, 0.2) is 0 Å². The minimum atomic E-state index is -0.574. The lowest BCUT2D eigenvalue weighted by Gasteiger charge is -2.40. The summed E-state index contributed by atoms with van der Waals surface area (Å²) in [5.41, 5.74) is 3.28. The number of nitrogens with zero attached hydrogens (tertiary/aromatic N) is 3. The van der Waals surface area contributed by atoms with E-state index >= 15 is 0 Å². The van der Waals surface area contributed by atoms with Crippen molar-refractivity contribution in [2.45, 2.75) is 95.4 Å². The molecule has 0 unspecified atom stereocenters. The SMILES string of the molecule is CO[C@@H]1C[C@H]2CC[C@@H](C1)N2c1ccc2c(c1)N(C(=O)[C@H]1CC[C@H](OC(C)C)CO1)Cc1cc(F)cnc1N2. The Morgan fingerprint density at radius 1 is 1.13 bits per heavy atom. The normalized spacial score (nSPS) is 28.5. The lowest BCUT2D eigenvalue weighted by Crippen LogP contribution is -2.46. The zero-order valence-electron chi connectivity index (χ0n) is 22.4. The number of nitrogens with one attached hydrogen (secondary N) is 1. The maximum Gasteiger partial charge on any atom is 0.256 e. The maximum absolute atomic E-state index is 14.2. The number of anilines is 4. The monoisotopic (exact) mass is 524 g/mol. The lowest BCUT2D eigenvalue weighted by molar-refractivity contribution is -0.143. The lowest BCUT2D eigenvalue weighted by atomic mass is 9.98. The summed E-state index contributed by atoms with van der Waals surface area (Å²) in [6.07, 6.45) is 6.68. The first-order valence-corrected chi connectivity index (χ1v) is 13.8. The molecule has 204 valence electrons. The van der Waals surface area contributed by atoms with E-state index < -0.39 is 11.9 Å². The van der Waals surface area contributed by atoms with E-state index in [2.05, 4.69) is 27.3 Å². The van der Waals surface area contributed by atoms with Gasteiger partial charge >= 0.3 is 0 Å². The minimum absolute atomic E-state index is 0.00624. The van der Waals surface area contributed by atoms with Gasteiger partial charge in [-0.15, -0.1) is 0 Å². The summed E-state index contributed by atoms with van der Waals surface area (Å²) in [5.74, 6) is 0.0165. The Kier molecular flexibility index (Phi) is 7.01. The van der Waals surface area contributed by atoms with E-state index in [4.69, 9.17) is 14.2 Å². The van der Waals surface area contributed by atoms with E-state index in [0.717, 1.165) is 49.2 Å². The number of carbonyl (C=O) groups excluding carboxylic acids is 1. The maximum atomic E-state index is 14.2. The Labute approximate surface area is 223 Å². The molecule has 1 aromatic carbocycles. The molecule has 0 spiro atoms. The molecule has 1 aromatic heterocycles. The van der Waals surface area contributed by atoms with Crippen LogP contribution in [-0.4, -0.2) is 61.1 Å². The van der Waals surface area contributed by atoms with Crippen molar-refractivity contribution in [2.75, 3.05) is 28.8 Å². The van der Waals surface area contributed by atoms with Crippen LogP contribution in [0.1, 0.15) is 57.9 Å². The van der Waals surface area contributed by atoms with Gasteiger partial charge in [-0.1, -0.05) is 0 Å². The number of aromatic nitrogens is 1. The third-order valence-corrected chi connectivity index (χ3v) is 8.35. The van der Waals surface area contributed by atoms with Crippen molar-refractivity contribution in [3.05, 3.63) is 41.8 Å². The van der Waals surface area contributed by atoms with Crippen molar-refractivity contribution < 1.29 is 23.4 Å². The number of amides is 1. The van der Waals surface area contributed by atoms with Gasteiger partial charge in [0.05, 0.1) is 49.0 Å². The average Bonchev–Trinajstić information content (AvgIpc) is 3.07. The van der Waals surface area contributed by atoms with Crippen LogP contribution in [0.4, 0.5) is 27.3 Å². The molecule has 38 heavy (non-hydrogen) atoms. The highest BCUT2D eigenvalue weighted by Gasteiger charge is 2.42. The third-order valence-electron chi connectivity index (χ3n) is 8.35. The molecule has 4 aliphatic heterocycles. The standard InChI is InChI=1S/C29H37FN4O4/c1-17(2)38-23-7-9-27(37-16-23)29(35)33-15-18-10-19(30)14-31-28(18)32-25-8-6-22(13-26(25)33)34-20-4-5-21(34)12-24(11-20)36-3/h6,8,10,13-14,17,20-21,23-24,27H,4-5,7,9,11-12,15-16H2,1-3H3,(H,31,32)/t20-,21+,23-,24-,27+/m0/s1. The first-order valence-electron chi connectivity index (χ1n) is 13.8. The second-order valence-corrected chi connectivity index (χ2v) is 11.2. The summed E-state index contributed by atoms with van der Waals surface area (Å²) in [5, 5.41) is 3.36. The fraction of sp³-hybridized carbons (Fsp3) is 0.586. The molecular formula is C29H37FN4O4. The van der Waals surface area contributed by atoms with Crippen molar-refractivity contribution in [2.24, 2.45) is 0 Å². The van der Waals surface area contributed by atoms with Gasteiger partial charge in [0.1, 0.15) is 17.7 Å². The molecule has 4 aliphatic rings. The topological polar surface area (TPSA) is 76.2 Å². The second-order valence-electron chi connectivity index (χ2n) is 11.2. The molecule has 2 bridgehead atoms. The van der Waals surface area contributed by atoms with Gasteiger partial charge in [0.25, 0.3) is 5.91 Å². The molecule has 3 saturated heterocycles. The number of rotatable bonds is 5. The number of fused-ring (bicyclic) bond motifs is 4. The highest BCUT2D eigenvalue weighted by atomic mass is 19.1. The molecule has 0 aliphatic carbocycles. The first kappa shape index (κ1) is 25.5. The number of methoxy groups -OCH3 is 1. The van der Waals surface area contributed by atoms with Crippen molar-refractivity contribution >= 4 is 28.8 Å². The zero-order valence-corrected chi connectivity index (χ0v) is 22.4. The number of carbonyl (C=O) groups is 1. The minimum Gasteiger partial charge on any atom is -0.381 e. The fourth-order valence-corrected chi connectivity index (χ4v) is 6.63. The van der Waals surface area contributed by atoms with E-state index in [1.54, 1.807) is 12.0 Å². The van der Waals surface area contributed by atoms with Gasteiger partial charge in [0.2, 0.25) is 0 Å². The smallest absolute Gasteiger partial charge is 0.256 e. The largest absolute Gasteiger partial charge is 0.381 e. The highest BCUT2D eigenvalue weighted by molar-refractivity contribution is 6.01. The summed E-state index contributed by atoms with van der Waals surface area (Å²) < 4.78 is 31.8. The summed E-state index contributed by atoms with van der Waals surface area (Å²) in [7, 11) is 1.80. The molecule has 5 heterocycles. The van der Waals surface area contributed by atoms with Crippen molar-refractivity contribution in [1.82, 2.24) is 4.98 Å². The average molecular weight is 525 g/mol. The number of halogens is 1. The molecule has 2 aromatic rings. The molecule has 1 amide bonds. The zero-order chi connectivity index (χ0) is 26.4. The van der Waals surface area contributed by atoms with Crippen LogP contribution in [0.5, 0.6) is 0 Å². The van der Waals surface area contributed by atoms with Crippen LogP contribution in [-0.2, 0) is 25.5 Å². The molecule has 1 N–H and O–H groups in total. The van der Waals surface area contributed by atoms with E-state index in [0.29, 0.717) is 42.6 Å². The highest BCUT2D eigenvalue weighted by Crippen LogP contribution is 2.44. The molecule has 8 nitrogen and oxygen atoms in total. The third kappa shape index (κ3) is 4.87. The fourth-order valence-electron chi connectivity index (χ4n) is 6.63. The molecule has 3 fully saturated rings. The van der Waals surface area contributed by atoms with Gasteiger partial charge < -0.3 is 29.3 Å². The summed E-state index contributed by atoms with van der Waals surface area (Å²) in [6, 6.07) is 8.54. The Morgan fingerprint density at radius 3 is 2.61 bits per heavy atom. The number of hydrogen-bond acceptors (Lipinski definition) is 7. The van der Waals surface area contributed by atoms with Crippen LogP contribution in [0.3, 0.4) is 0 Å². The summed E-state index contributed by atoms with van der Waals surface area (Å²) >= 11 is 0. The van der Waals surface area contributed by atoms with Crippen LogP contribution in [0.25, 0.3) is 0 Å². The van der Waals surface area contributed by atoms with Crippen LogP contribution >= 0.6 is 0 Å². The van der Waals surface area contributed by atoms with E-state index in [9.17, 15) is 9.18 Å². The predicted molar refractivity (Wildman–Crippen MR) is 143 cm³/mol. The van der Waals surface area contributed by atoms with Crippen molar-refractivity contribution in [3.63, 3.8) is 0 Å². The van der Waals surface area contributed by atoms with Gasteiger partial charge in [-0.2, -0.15) is 0 Å². The van der Waals surface area contributed by atoms with E-state index in [1.165, 1.54) is 12.3 Å². The van der Waals surface area contributed by atoms with Gasteiger partial charge in [-0.25, -0.2) is 9.37 Å². The predicted octanol–water partition coefficient (Wildman–Crippen LogP) is 4.93. The molecule has 5 atom stereocenters. The quantitative estimate of drug-likeness (QED) is 0.594. The molecule has 0 saturated carbocycles. The number of pyridine rings is 1. The molecular weight excluding hydrogens is 487 g/mol. The van der Waals surface area contributed by atoms with Gasteiger partial charge in [0, 0.05) is 30.4 Å². The molecule has 6 rings (SSSR count). The number of hydrogen-bond donors (Lipinski definition) is 1. The second kappa shape index (κ2) is 10.4.